The van der Waals surface area contributed by atoms with Crippen molar-refractivity contribution in [3.05, 3.63) is 28.8 Å². The molecule has 0 saturated heterocycles. The summed E-state index contributed by atoms with van der Waals surface area (Å²) < 4.78 is 29.4. The number of halogens is 4. The van der Waals surface area contributed by atoms with Crippen LogP contribution in [0.4, 0.5) is 8.78 Å². The number of hydrogen-bond donors (Lipinski definition) is 1. The van der Waals surface area contributed by atoms with Crippen molar-refractivity contribution < 1.29 is 13.5 Å². The van der Waals surface area contributed by atoms with Crippen LogP contribution in [0, 0.1) is 0 Å². The molecule has 0 saturated carbocycles. The van der Waals surface area contributed by atoms with Gasteiger partial charge in [0.2, 0.25) is 0 Å². The summed E-state index contributed by atoms with van der Waals surface area (Å²) in [6.07, 6.45) is -2.60. The number of alkyl halides is 2. The van der Waals surface area contributed by atoms with Gasteiger partial charge < -0.3 is 10.5 Å². The number of rotatable bonds is 3. The Labute approximate surface area is 97.8 Å². The molecule has 0 fully saturated rings. The van der Waals surface area contributed by atoms with Gasteiger partial charge in [-0.3, -0.25) is 0 Å². The summed E-state index contributed by atoms with van der Waals surface area (Å²) in [5.41, 5.74) is 5.57. The molecular weight excluding hydrogens is 247 g/mol. The molecule has 0 bridgehead atoms. The minimum absolute atomic E-state index is 0. The molecule has 15 heavy (non-hydrogen) atoms. The lowest BCUT2D eigenvalue weighted by molar-refractivity contribution is 0.116. The van der Waals surface area contributed by atoms with Gasteiger partial charge in [0.1, 0.15) is 5.75 Å². The van der Waals surface area contributed by atoms with Gasteiger partial charge in [-0.2, -0.15) is 0 Å². The summed E-state index contributed by atoms with van der Waals surface area (Å²) in [6, 6.07) is 3.06. The zero-order valence-electron chi connectivity index (χ0n) is 7.91. The molecule has 6 heteroatoms. The largest absolute Gasteiger partial charge is 0.495 e. The van der Waals surface area contributed by atoms with Crippen LogP contribution in [0.2, 0.25) is 5.02 Å². The first-order valence-corrected chi connectivity index (χ1v) is 4.31. The summed E-state index contributed by atoms with van der Waals surface area (Å²) in [5, 5.41) is 0.373. The normalized spacial score (nSPS) is 12.1. The Kier molecular flexibility index (Phi) is 5.87. The SMILES string of the molecule is COc1cc([C@H](N)C(F)F)ccc1Cl.Cl. The van der Waals surface area contributed by atoms with Gasteiger partial charge in [-0.1, -0.05) is 17.7 Å². The second-order valence-corrected chi connectivity index (χ2v) is 3.16. The van der Waals surface area contributed by atoms with E-state index in [-0.39, 0.29) is 12.4 Å². The number of methoxy groups -OCH3 is 1. The van der Waals surface area contributed by atoms with Crippen molar-refractivity contribution in [1.29, 1.82) is 0 Å². The quantitative estimate of drug-likeness (QED) is 0.904. The fourth-order valence-corrected chi connectivity index (χ4v) is 1.22. The molecule has 2 nitrogen and oxygen atoms in total. The highest BCUT2D eigenvalue weighted by Gasteiger charge is 2.18. The maximum absolute atomic E-state index is 12.3. The molecule has 0 aromatic heterocycles. The van der Waals surface area contributed by atoms with Gasteiger partial charge in [-0.05, 0) is 17.7 Å². The van der Waals surface area contributed by atoms with Crippen LogP contribution < -0.4 is 10.5 Å². The predicted octanol–water partition coefficient (Wildman–Crippen LogP) is 3.04. The van der Waals surface area contributed by atoms with E-state index in [9.17, 15) is 8.78 Å². The Balaban J connectivity index is 0.00000196. The molecular formula is C9H11Cl2F2NO. The summed E-state index contributed by atoms with van der Waals surface area (Å²) in [5.74, 6) is 0.347. The molecule has 0 unspecified atom stereocenters. The lowest BCUT2D eigenvalue weighted by atomic mass is 10.1. The minimum Gasteiger partial charge on any atom is -0.495 e. The molecule has 1 atom stereocenters. The summed E-state index contributed by atoms with van der Waals surface area (Å²) in [4.78, 5) is 0. The smallest absolute Gasteiger partial charge is 0.257 e. The van der Waals surface area contributed by atoms with Crippen LogP contribution >= 0.6 is 24.0 Å². The first kappa shape index (κ1) is 14.4. The highest BCUT2D eigenvalue weighted by atomic mass is 35.5. The van der Waals surface area contributed by atoms with Gasteiger partial charge >= 0.3 is 0 Å². The highest BCUT2D eigenvalue weighted by molar-refractivity contribution is 6.32. The zero-order chi connectivity index (χ0) is 10.7. The molecule has 86 valence electrons. The van der Waals surface area contributed by atoms with Crippen LogP contribution in [-0.4, -0.2) is 13.5 Å². The molecule has 2 N–H and O–H groups in total. The van der Waals surface area contributed by atoms with Gasteiger partial charge in [0.05, 0.1) is 18.2 Å². The fraction of sp³-hybridized carbons (Fsp3) is 0.333. The van der Waals surface area contributed by atoms with E-state index >= 15 is 0 Å². The average molecular weight is 258 g/mol. The monoisotopic (exact) mass is 257 g/mol. The molecule has 1 aromatic rings. The van der Waals surface area contributed by atoms with Crippen LogP contribution in [0.1, 0.15) is 11.6 Å². The number of nitrogens with two attached hydrogens (primary N) is 1. The van der Waals surface area contributed by atoms with E-state index in [1.165, 1.54) is 25.3 Å². The molecule has 0 spiro atoms. The van der Waals surface area contributed by atoms with Gasteiger partial charge in [-0.15, -0.1) is 12.4 Å². The number of benzene rings is 1. The highest BCUT2D eigenvalue weighted by Crippen LogP contribution is 2.28. The Morgan fingerprint density at radius 2 is 2.00 bits per heavy atom. The fourth-order valence-electron chi connectivity index (χ4n) is 1.03. The van der Waals surface area contributed by atoms with E-state index in [1.807, 2.05) is 0 Å². The lowest BCUT2D eigenvalue weighted by Gasteiger charge is -2.12. The number of ether oxygens (including phenoxy) is 1. The van der Waals surface area contributed by atoms with E-state index in [0.29, 0.717) is 16.3 Å². The third-order valence-electron chi connectivity index (χ3n) is 1.83. The topological polar surface area (TPSA) is 35.2 Å². The van der Waals surface area contributed by atoms with Gasteiger partial charge in [0, 0.05) is 0 Å². The van der Waals surface area contributed by atoms with Gasteiger partial charge in [0.15, 0.2) is 0 Å². The van der Waals surface area contributed by atoms with Crippen molar-refractivity contribution in [3.63, 3.8) is 0 Å². The Morgan fingerprint density at radius 3 is 2.47 bits per heavy atom. The predicted molar refractivity (Wildman–Crippen MR) is 58.2 cm³/mol. The molecule has 0 radical (unpaired) electrons. The maximum atomic E-state index is 12.3. The molecule has 0 aliphatic heterocycles. The van der Waals surface area contributed by atoms with Crippen LogP contribution in [0.5, 0.6) is 5.75 Å². The van der Waals surface area contributed by atoms with E-state index in [1.54, 1.807) is 0 Å². The van der Waals surface area contributed by atoms with E-state index in [0.717, 1.165) is 0 Å². The Hall–Kier alpha value is -0.580. The number of hydrogen-bond acceptors (Lipinski definition) is 2. The van der Waals surface area contributed by atoms with E-state index in [4.69, 9.17) is 22.1 Å². The molecule has 0 aliphatic carbocycles. The van der Waals surface area contributed by atoms with Crippen LogP contribution in [0.25, 0.3) is 0 Å². The Morgan fingerprint density at radius 1 is 1.40 bits per heavy atom. The Bertz CT molecular complexity index is 323. The molecule has 1 aromatic carbocycles. The molecule has 0 aliphatic rings. The van der Waals surface area contributed by atoms with Crippen LogP contribution in [-0.2, 0) is 0 Å². The van der Waals surface area contributed by atoms with Gasteiger partial charge in [-0.25, -0.2) is 8.78 Å². The van der Waals surface area contributed by atoms with E-state index in [2.05, 4.69) is 0 Å². The molecule has 0 amide bonds. The maximum Gasteiger partial charge on any atom is 0.257 e. The zero-order valence-corrected chi connectivity index (χ0v) is 9.49. The first-order valence-electron chi connectivity index (χ1n) is 3.93. The van der Waals surface area contributed by atoms with Crippen molar-refractivity contribution >= 4 is 24.0 Å². The summed E-state index contributed by atoms with van der Waals surface area (Å²) in [6.45, 7) is 0. The summed E-state index contributed by atoms with van der Waals surface area (Å²) >= 11 is 5.73. The van der Waals surface area contributed by atoms with Crippen molar-refractivity contribution in [1.82, 2.24) is 0 Å². The minimum atomic E-state index is -2.60. The third kappa shape index (κ3) is 3.48. The van der Waals surface area contributed by atoms with E-state index < -0.39 is 12.5 Å². The second-order valence-electron chi connectivity index (χ2n) is 2.75. The third-order valence-corrected chi connectivity index (χ3v) is 2.14. The van der Waals surface area contributed by atoms with Crippen LogP contribution in [0.15, 0.2) is 18.2 Å². The van der Waals surface area contributed by atoms with Gasteiger partial charge in [0.25, 0.3) is 6.43 Å². The molecule has 0 heterocycles. The average Bonchev–Trinajstić information content (AvgIpc) is 2.17. The first-order chi connectivity index (χ1) is 6.56. The molecule has 1 rings (SSSR count). The van der Waals surface area contributed by atoms with Crippen molar-refractivity contribution in [2.75, 3.05) is 7.11 Å². The van der Waals surface area contributed by atoms with Crippen molar-refractivity contribution in [2.45, 2.75) is 12.5 Å². The lowest BCUT2D eigenvalue weighted by Crippen LogP contribution is -2.18. The summed E-state index contributed by atoms with van der Waals surface area (Å²) in [7, 11) is 1.42. The van der Waals surface area contributed by atoms with Crippen LogP contribution in [0.3, 0.4) is 0 Å². The second kappa shape index (κ2) is 6.10. The van der Waals surface area contributed by atoms with Crippen molar-refractivity contribution in [2.24, 2.45) is 5.73 Å². The standard InChI is InChI=1S/C9H10ClF2NO.ClH/c1-14-7-4-5(2-3-6(7)10)8(13)9(11)12;/h2-4,8-9H,13H2,1H3;1H/t8-;/m0./s1. The van der Waals surface area contributed by atoms with Crippen molar-refractivity contribution in [3.8, 4) is 5.75 Å².